The maximum Gasteiger partial charge on any atom is 0.183 e. The average molecular weight is 456 g/mol. The molecule has 0 spiro atoms. The first-order chi connectivity index (χ1) is 14.7. The van der Waals surface area contributed by atoms with E-state index >= 15 is 0 Å². The summed E-state index contributed by atoms with van der Waals surface area (Å²) in [6.07, 6.45) is 6.91. The lowest BCUT2D eigenvalue weighted by molar-refractivity contribution is 0.959. The molecule has 0 bridgehead atoms. The first-order valence-electron chi connectivity index (χ1n) is 10.1. The van der Waals surface area contributed by atoms with Crippen LogP contribution >= 0.6 is 34.0 Å². The van der Waals surface area contributed by atoms with Crippen LogP contribution in [0.3, 0.4) is 0 Å². The smallest absolute Gasteiger partial charge is 0.183 e. The van der Waals surface area contributed by atoms with Gasteiger partial charge >= 0.3 is 0 Å². The van der Waals surface area contributed by atoms with Crippen LogP contribution < -0.4 is 10.6 Å². The predicted octanol–water partition coefficient (Wildman–Crippen LogP) is 6.25. The number of thiazole rings is 3. The molecule has 0 fully saturated rings. The molecule has 3 aromatic heterocycles. The molecule has 8 heteroatoms. The van der Waals surface area contributed by atoms with Gasteiger partial charge in [-0.2, -0.15) is 0 Å². The maximum absolute atomic E-state index is 4.81. The summed E-state index contributed by atoms with van der Waals surface area (Å²) in [5, 5.41) is 12.0. The van der Waals surface area contributed by atoms with Crippen LogP contribution in [0, 0.1) is 6.92 Å². The SMILES string of the molecule is CCCNc1ncc(CNc2ncc(CCc3nc(-c4ccc(C)cc4)cs3)s2)s1. The summed E-state index contributed by atoms with van der Waals surface area (Å²) in [5.41, 5.74) is 3.52. The van der Waals surface area contributed by atoms with Gasteiger partial charge in [-0.15, -0.1) is 34.0 Å². The number of aryl methyl sites for hydroxylation is 3. The van der Waals surface area contributed by atoms with E-state index in [1.54, 1.807) is 34.0 Å². The summed E-state index contributed by atoms with van der Waals surface area (Å²) in [6.45, 7) is 5.97. The third-order valence-corrected chi connectivity index (χ3v) is 7.41. The van der Waals surface area contributed by atoms with Gasteiger partial charge < -0.3 is 10.6 Å². The minimum atomic E-state index is 0.755. The molecular formula is C22H25N5S3. The van der Waals surface area contributed by atoms with Crippen molar-refractivity contribution in [1.29, 1.82) is 0 Å². The molecule has 156 valence electrons. The standard InChI is InChI=1S/C22H25N5S3/c1-3-10-23-21-25-12-18(30-21)13-26-22-24-11-17(29-22)8-9-20-27-19(14-28-20)16-6-4-15(2)5-7-16/h4-7,11-12,14H,3,8-10,13H2,1-2H3,(H,23,25)(H,24,26). The van der Waals surface area contributed by atoms with E-state index in [0.717, 1.165) is 48.3 Å². The fraction of sp³-hybridized carbons (Fsp3) is 0.318. The zero-order chi connectivity index (χ0) is 20.8. The van der Waals surface area contributed by atoms with Gasteiger partial charge in [0.2, 0.25) is 0 Å². The third kappa shape index (κ3) is 5.65. The summed E-state index contributed by atoms with van der Waals surface area (Å²) in [5.74, 6) is 0. The van der Waals surface area contributed by atoms with E-state index in [1.807, 2.05) is 12.4 Å². The lowest BCUT2D eigenvalue weighted by Crippen LogP contribution is -1.98. The molecule has 0 atom stereocenters. The number of benzene rings is 1. The fourth-order valence-corrected chi connectivity index (χ4v) is 5.28. The highest BCUT2D eigenvalue weighted by molar-refractivity contribution is 7.16. The van der Waals surface area contributed by atoms with Gasteiger partial charge in [-0.05, 0) is 19.8 Å². The van der Waals surface area contributed by atoms with E-state index in [0.29, 0.717) is 0 Å². The van der Waals surface area contributed by atoms with Crippen molar-refractivity contribution in [3.63, 3.8) is 0 Å². The van der Waals surface area contributed by atoms with Crippen LogP contribution in [0.1, 0.15) is 33.7 Å². The predicted molar refractivity (Wildman–Crippen MR) is 130 cm³/mol. The number of aromatic nitrogens is 3. The quantitative estimate of drug-likeness (QED) is 0.296. The number of hydrogen-bond donors (Lipinski definition) is 2. The number of anilines is 2. The van der Waals surface area contributed by atoms with E-state index in [-0.39, 0.29) is 0 Å². The Hall–Kier alpha value is -2.29. The second kappa shape index (κ2) is 10.1. The monoisotopic (exact) mass is 455 g/mol. The van der Waals surface area contributed by atoms with Gasteiger partial charge in [-0.25, -0.2) is 15.0 Å². The van der Waals surface area contributed by atoms with Gasteiger partial charge in [-0.1, -0.05) is 36.8 Å². The highest BCUT2D eigenvalue weighted by atomic mass is 32.1. The van der Waals surface area contributed by atoms with E-state index < -0.39 is 0 Å². The second-order valence-corrected chi connectivity index (χ2v) is 10.2. The van der Waals surface area contributed by atoms with Crippen molar-refractivity contribution in [3.8, 4) is 11.3 Å². The molecule has 2 N–H and O–H groups in total. The lowest BCUT2D eigenvalue weighted by Gasteiger charge is -1.99. The van der Waals surface area contributed by atoms with Crippen molar-refractivity contribution in [2.75, 3.05) is 17.2 Å². The third-order valence-electron chi connectivity index (χ3n) is 4.53. The molecule has 0 amide bonds. The highest BCUT2D eigenvalue weighted by Crippen LogP contribution is 2.26. The lowest BCUT2D eigenvalue weighted by atomic mass is 10.1. The van der Waals surface area contributed by atoms with E-state index in [9.17, 15) is 0 Å². The summed E-state index contributed by atoms with van der Waals surface area (Å²) in [4.78, 5) is 16.2. The minimum absolute atomic E-state index is 0.755. The molecule has 4 aromatic rings. The van der Waals surface area contributed by atoms with Crippen LogP contribution in [0.5, 0.6) is 0 Å². The van der Waals surface area contributed by atoms with Gasteiger partial charge in [0.25, 0.3) is 0 Å². The van der Waals surface area contributed by atoms with Crippen LogP contribution in [-0.2, 0) is 19.4 Å². The van der Waals surface area contributed by atoms with Gasteiger partial charge in [0.05, 0.1) is 17.2 Å². The Morgan fingerprint density at radius 2 is 1.63 bits per heavy atom. The van der Waals surface area contributed by atoms with Crippen molar-refractivity contribution in [2.24, 2.45) is 0 Å². The molecule has 0 aliphatic heterocycles. The van der Waals surface area contributed by atoms with Crippen molar-refractivity contribution < 1.29 is 0 Å². The summed E-state index contributed by atoms with van der Waals surface area (Å²) in [6, 6.07) is 8.55. The molecule has 5 nitrogen and oxygen atoms in total. The molecule has 0 saturated carbocycles. The Labute approximate surface area is 189 Å². The van der Waals surface area contributed by atoms with E-state index in [4.69, 9.17) is 4.98 Å². The van der Waals surface area contributed by atoms with Gasteiger partial charge in [-0.3, -0.25) is 0 Å². The molecular weight excluding hydrogens is 430 g/mol. The molecule has 0 aliphatic carbocycles. The van der Waals surface area contributed by atoms with Gasteiger partial charge in [0.15, 0.2) is 10.3 Å². The number of rotatable bonds is 10. The summed E-state index contributed by atoms with van der Waals surface area (Å²) < 4.78 is 0. The molecule has 3 heterocycles. The van der Waals surface area contributed by atoms with E-state index in [1.165, 1.54) is 25.9 Å². The molecule has 0 saturated heterocycles. The van der Waals surface area contributed by atoms with Gasteiger partial charge in [0, 0.05) is 46.1 Å². The second-order valence-electron chi connectivity index (χ2n) is 7.04. The molecule has 4 rings (SSSR count). The highest BCUT2D eigenvalue weighted by Gasteiger charge is 2.08. The van der Waals surface area contributed by atoms with Crippen molar-refractivity contribution in [2.45, 2.75) is 39.7 Å². The van der Waals surface area contributed by atoms with Crippen molar-refractivity contribution in [1.82, 2.24) is 15.0 Å². The maximum atomic E-state index is 4.81. The fourth-order valence-electron chi connectivity index (χ4n) is 2.88. The molecule has 0 unspecified atom stereocenters. The van der Waals surface area contributed by atoms with Crippen LogP contribution in [0.15, 0.2) is 42.0 Å². The Kier molecular flexibility index (Phi) is 7.09. The molecule has 1 aromatic carbocycles. The Morgan fingerprint density at radius 3 is 2.43 bits per heavy atom. The average Bonchev–Trinajstić information content (AvgIpc) is 3.50. The zero-order valence-electron chi connectivity index (χ0n) is 17.1. The Morgan fingerprint density at radius 1 is 0.900 bits per heavy atom. The van der Waals surface area contributed by atoms with Gasteiger partial charge in [0.1, 0.15) is 0 Å². The Bertz CT molecular complexity index is 1060. The van der Waals surface area contributed by atoms with E-state index in [2.05, 4.69) is 64.1 Å². The first kappa shape index (κ1) is 21.0. The molecule has 30 heavy (non-hydrogen) atoms. The zero-order valence-corrected chi connectivity index (χ0v) is 19.6. The number of nitrogens with zero attached hydrogens (tertiary/aromatic N) is 3. The molecule has 0 radical (unpaired) electrons. The molecule has 0 aliphatic rings. The Balaban J connectivity index is 1.27. The van der Waals surface area contributed by atoms with Crippen LogP contribution in [-0.4, -0.2) is 21.5 Å². The number of hydrogen-bond acceptors (Lipinski definition) is 8. The number of nitrogens with one attached hydrogen (secondary N) is 2. The summed E-state index contributed by atoms with van der Waals surface area (Å²) >= 11 is 5.15. The summed E-state index contributed by atoms with van der Waals surface area (Å²) in [7, 11) is 0. The van der Waals surface area contributed by atoms with Crippen LogP contribution in [0.25, 0.3) is 11.3 Å². The van der Waals surface area contributed by atoms with Crippen LogP contribution in [0.2, 0.25) is 0 Å². The first-order valence-corrected chi connectivity index (χ1v) is 12.6. The van der Waals surface area contributed by atoms with Crippen molar-refractivity contribution in [3.05, 3.63) is 62.4 Å². The normalized spacial score (nSPS) is 11.0. The largest absolute Gasteiger partial charge is 0.362 e. The topological polar surface area (TPSA) is 62.7 Å². The van der Waals surface area contributed by atoms with Crippen LogP contribution in [0.4, 0.5) is 10.3 Å². The van der Waals surface area contributed by atoms with Crippen molar-refractivity contribution >= 4 is 44.3 Å². The minimum Gasteiger partial charge on any atom is -0.362 e.